The van der Waals surface area contributed by atoms with Crippen LogP contribution in [-0.4, -0.2) is 35.2 Å². The zero-order chi connectivity index (χ0) is 17.9. The van der Waals surface area contributed by atoms with Crippen molar-refractivity contribution in [3.8, 4) is 16.2 Å². The van der Waals surface area contributed by atoms with Crippen molar-refractivity contribution < 1.29 is 14.6 Å². The molecule has 26 heavy (non-hydrogen) atoms. The van der Waals surface area contributed by atoms with Crippen LogP contribution in [0.25, 0.3) is 10.4 Å². The lowest BCUT2D eigenvalue weighted by molar-refractivity contribution is 0.0146. The van der Waals surface area contributed by atoms with Gasteiger partial charge in [0.25, 0.3) is 0 Å². The third-order valence-corrected chi connectivity index (χ3v) is 5.41. The molecule has 5 heteroatoms. The van der Waals surface area contributed by atoms with Gasteiger partial charge in [0.1, 0.15) is 11.9 Å². The molecule has 0 radical (unpaired) electrons. The van der Waals surface area contributed by atoms with Gasteiger partial charge < -0.3 is 9.84 Å². The maximum Gasteiger partial charge on any atom is 0.335 e. The Morgan fingerprint density at radius 3 is 2.42 bits per heavy atom. The number of carboxylic acids is 1. The second-order valence-corrected chi connectivity index (χ2v) is 7.39. The number of hydrogen-bond acceptors (Lipinski definition) is 4. The van der Waals surface area contributed by atoms with Crippen LogP contribution in [0.1, 0.15) is 15.9 Å². The van der Waals surface area contributed by atoms with Crippen LogP contribution < -0.4 is 4.74 Å². The van der Waals surface area contributed by atoms with Crippen molar-refractivity contribution in [2.24, 2.45) is 0 Å². The number of hydrogen-bond donors (Lipinski definition) is 1. The molecular weight excluding hydrogens is 346 g/mol. The van der Waals surface area contributed by atoms with Crippen molar-refractivity contribution in [1.82, 2.24) is 4.90 Å². The minimum absolute atomic E-state index is 0.163. The summed E-state index contributed by atoms with van der Waals surface area (Å²) in [5.74, 6) is -0.198. The molecule has 3 aromatic rings. The lowest BCUT2D eigenvalue weighted by Gasteiger charge is -2.39. The summed E-state index contributed by atoms with van der Waals surface area (Å²) in [6.07, 6.45) is 0.163. The largest absolute Gasteiger partial charge is 0.488 e. The van der Waals surface area contributed by atoms with Gasteiger partial charge in [-0.1, -0.05) is 30.3 Å². The van der Waals surface area contributed by atoms with E-state index in [0.717, 1.165) is 25.4 Å². The third kappa shape index (κ3) is 3.79. The molecule has 0 amide bonds. The molecule has 1 N–H and O–H groups in total. The first-order chi connectivity index (χ1) is 12.7. The number of carbonyl (C=O) groups is 1. The van der Waals surface area contributed by atoms with Crippen LogP contribution in [-0.2, 0) is 6.54 Å². The van der Waals surface area contributed by atoms with Gasteiger partial charge in [-0.05, 0) is 46.8 Å². The quantitative estimate of drug-likeness (QED) is 0.704. The van der Waals surface area contributed by atoms with Crippen molar-refractivity contribution in [2.45, 2.75) is 12.6 Å². The number of carboxylic acid groups (broad SMARTS) is 1. The highest BCUT2D eigenvalue weighted by molar-refractivity contribution is 7.13. The van der Waals surface area contributed by atoms with E-state index in [9.17, 15) is 4.79 Å². The molecule has 0 bridgehead atoms. The first-order valence-corrected chi connectivity index (χ1v) is 9.40. The van der Waals surface area contributed by atoms with Gasteiger partial charge in [0.15, 0.2) is 0 Å². The average Bonchev–Trinajstić information content (AvgIpc) is 3.15. The zero-order valence-electron chi connectivity index (χ0n) is 14.2. The number of rotatable bonds is 6. The van der Waals surface area contributed by atoms with Gasteiger partial charge in [-0.3, -0.25) is 4.90 Å². The molecule has 132 valence electrons. The minimum atomic E-state index is -0.920. The van der Waals surface area contributed by atoms with Crippen LogP contribution >= 0.6 is 11.3 Å². The van der Waals surface area contributed by atoms with Crippen LogP contribution in [0.4, 0.5) is 0 Å². The highest BCUT2D eigenvalue weighted by Crippen LogP contribution is 2.26. The van der Waals surface area contributed by atoms with E-state index in [0.29, 0.717) is 0 Å². The van der Waals surface area contributed by atoms with Gasteiger partial charge in [0.2, 0.25) is 0 Å². The summed E-state index contributed by atoms with van der Waals surface area (Å²) in [4.78, 5) is 14.5. The first kappa shape index (κ1) is 16.8. The van der Waals surface area contributed by atoms with Gasteiger partial charge in [0, 0.05) is 24.5 Å². The molecular formula is C21H19NO3S. The lowest BCUT2D eigenvalue weighted by atomic mass is 10.1. The van der Waals surface area contributed by atoms with Crippen molar-refractivity contribution in [3.05, 3.63) is 77.2 Å². The molecule has 0 saturated carbocycles. The summed E-state index contributed by atoms with van der Waals surface area (Å²) in [6, 6.07) is 19.5. The van der Waals surface area contributed by atoms with E-state index in [1.54, 1.807) is 35.6 Å². The Kier molecular flexibility index (Phi) is 4.73. The molecule has 0 aliphatic carbocycles. The normalized spacial score (nSPS) is 14.8. The molecule has 2 aromatic carbocycles. The number of benzene rings is 2. The van der Waals surface area contributed by atoms with Gasteiger partial charge in [-0.15, -0.1) is 11.3 Å². The highest BCUT2D eigenvalue weighted by atomic mass is 32.1. The van der Waals surface area contributed by atoms with Crippen molar-refractivity contribution in [2.75, 3.05) is 13.1 Å². The van der Waals surface area contributed by atoms with E-state index in [2.05, 4.69) is 46.7 Å². The predicted octanol–water partition coefficient (Wildman–Crippen LogP) is 4.38. The molecule has 0 spiro atoms. The molecule has 2 heterocycles. The van der Waals surface area contributed by atoms with E-state index in [1.165, 1.54) is 16.0 Å². The average molecular weight is 365 g/mol. The lowest BCUT2D eigenvalue weighted by Crippen LogP contribution is -2.53. The van der Waals surface area contributed by atoms with Crippen LogP contribution in [0.2, 0.25) is 0 Å². The third-order valence-electron chi connectivity index (χ3n) is 4.49. The summed E-state index contributed by atoms with van der Waals surface area (Å²) in [5, 5.41) is 11.0. The molecule has 4 rings (SSSR count). The number of ether oxygens (including phenoxy) is 1. The number of nitrogens with zero attached hydrogens (tertiary/aromatic N) is 1. The molecule has 1 fully saturated rings. The van der Waals surface area contributed by atoms with E-state index in [-0.39, 0.29) is 11.7 Å². The van der Waals surface area contributed by atoms with Crippen LogP contribution in [0.3, 0.4) is 0 Å². The first-order valence-electron chi connectivity index (χ1n) is 8.52. The molecule has 1 aliphatic rings. The number of likely N-dealkylation sites (tertiary alicyclic amines) is 1. The monoisotopic (exact) mass is 365 g/mol. The maximum absolute atomic E-state index is 10.9. The molecule has 4 nitrogen and oxygen atoms in total. The Morgan fingerprint density at radius 2 is 1.81 bits per heavy atom. The van der Waals surface area contributed by atoms with Gasteiger partial charge in [-0.2, -0.15) is 0 Å². The van der Waals surface area contributed by atoms with E-state index < -0.39 is 5.97 Å². The maximum atomic E-state index is 10.9. The zero-order valence-corrected chi connectivity index (χ0v) is 15.0. The van der Waals surface area contributed by atoms with Gasteiger partial charge in [0.05, 0.1) is 5.56 Å². The Labute approximate surface area is 156 Å². The van der Waals surface area contributed by atoms with Gasteiger partial charge in [-0.25, -0.2) is 4.79 Å². The van der Waals surface area contributed by atoms with Gasteiger partial charge >= 0.3 is 5.97 Å². The topological polar surface area (TPSA) is 49.8 Å². The fraction of sp³-hybridized carbons (Fsp3) is 0.190. The number of thiophene rings is 1. The summed E-state index contributed by atoms with van der Waals surface area (Å²) in [7, 11) is 0. The fourth-order valence-corrected chi connectivity index (χ4v) is 3.80. The van der Waals surface area contributed by atoms with E-state index in [1.807, 2.05) is 0 Å². The van der Waals surface area contributed by atoms with E-state index in [4.69, 9.17) is 9.84 Å². The standard InChI is InChI=1S/C21H19NO3S/c23-21(24)17-7-9-18(10-8-17)25-19-13-22(14-19)12-15-3-5-16(6-4-15)20-2-1-11-26-20/h1-11,19H,12-14H2,(H,23,24). The highest BCUT2D eigenvalue weighted by Gasteiger charge is 2.28. The molecule has 0 atom stereocenters. The summed E-state index contributed by atoms with van der Waals surface area (Å²) in [6.45, 7) is 2.68. The minimum Gasteiger partial charge on any atom is -0.488 e. The summed E-state index contributed by atoms with van der Waals surface area (Å²) in [5.41, 5.74) is 2.84. The number of aromatic carboxylic acids is 1. The Bertz CT molecular complexity index is 867. The smallest absolute Gasteiger partial charge is 0.335 e. The molecule has 1 saturated heterocycles. The van der Waals surface area contributed by atoms with E-state index >= 15 is 0 Å². The van der Waals surface area contributed by atoms with Crippen molar-refractivity contribution in [1.29, 1.82) is 0 Å². The van der Waals surface area contributed by atoms with Crippen molar-refractivity contribution in [3.63, 3.8) is 0 Å². The second-order valence-electron chi connectivity index (χ2n) is 6.44. The van der Waals surface area contributed by atoms with Crippen LogP contribution in [0, 0.1) is 0 Å². The molecule has 0 unspecified atom stereocenters. The van der Waals surface area contributed by atoms with Crippen LogP contribution in [0.5, 0.6) is 5.75 Å². The Morgan fingerprint density at radius 1 is 1.08 bits per heavy atom. The molecule has 1 aliphatic heterocycles. The summed E-state index contributed by atoms with van der Waals surface area (Å²) >= 11 is 1.76. The predicted molar refractivity (Wildman–Crippen MR) is 103 cm³/mol. The fourth-order valence-electron chi connectivity index (χ4n) is 3.07. The summed E-state index contributed by atoms with van der Waals surface area (Å²) < 4.78 is 5.89. The van der Waals surface area contributed by atoms with Crippen LogP contribution in [0.15, 0.2) is 66.0 Å². The Hall–Kier alpha value is -2.63. The van der Waals surface area contributed by atoms with Crippen molar-refractivity contribution >= 4 is 17.3 Å². The SMILES string of the molecule is O=C(O)c1ccc(OC2CN(Cc3ccc(-c4cccs4)cc3)C2)cc1. The second kappa shape index (κ2) is 7.32. The Balaban J connectivity index is 1.26. The molecule has 1 aromatic heterocycles.